The smallest absolute Gasteiger partial charge is 0.260 e. The Labute approximate surface area is 234 Å². The molecule has 6 atom stereocenters. The Morgan fingerprint density at radius 2 is 1.54 bits per heavy atom. The van der Waals surface area contributed by atoms with E-state index >= 15 is 0 Å². The van der Waals surface area contributed by atoms with Crippen LogP contribution in [0.25, 0.3) is 0 Å². The number of unbranched alkanes of at least 4 members (excludes halogenated alkanes) is 6. The molecule has 1 aromatic rings. The summed E-state index contributed by atoms with van der Waals surface area (Å²) in [6, 6.07) is 9.21. The minimum atomic E-state index is -5.52. The Bertz CT molecular complexity index is 947. The van der Waals surface area contributed by atoms with Gasteiger partial charge in [0.1, 0.15) is 0 Å². The molecule has 1 nitrogen and oxygen atoms in total. The number of benzene rings is 1. The lowest BCUT2D eigenvalue weighted by Gasteiger charge is -2.52. The predicted molar refractivity (Wildman–Crippen MR) is 150 cm³/mol. The Balaban J connectivity index is 1.11. The molecular formula is C32H47F5OS. The largest absolute Gasteiger partial charge is 0.453 e. The summed E-state index contributed by atoms with van der Waals surface area (Å²) in [7, 11) is -1.32. The van der Waals surface area contributed by atoms with Crippen LogP contribution in [0.2, 0.25) is 0 Å². The summed E-state index contributed by atoms with van der Waals surface area (Å²) in [5.74, 6) is -1.08. The molecule has 0 heterocycles. The van der Waals surface area contributed by atoms with Crippen molar-refractivity contribution in [2.75, 3.05) is 11.5 Å². The van der Waals surface area contributed by atoms with Crippen LogP contribution in [0.5, 0.6) is 0 Å². The average molecular weight is 575 g/mol. The van der Waals surface area contributed by atoms with Crippen molar-refractivity contribution in [1.29, 1.82) is 0 Å². The molecule has 7 heteroatoms. The van der Waals surface area contributed by atoms with Crippen molar-refractivity contribution in [1.82, 2.24) is 0 Å². The summed E-state index contributed by atoms with van der Waals surface area (Å²) in [6.45, 7) is 2.57. The topological polar surface area (TPSA) is 17.1 Å². The van der Waals surface area contributed by atoms with E-state index in [0.29, 0.717) is 11.2 Å². The Kier molecular flexibility index (Phi) is 10.6. The van der Waals surface area contributed by atoms with Gasteiger partial charge in [-0.2, -0.15) is 22.0 Å². The van der Waals surface area contributed by atoms with Crippen LogP contribution in [0.4, 0.5) is 22.0 Å². The fourth-order valence-corrected chi connectivity index (χ4v) is 9.45. The number of hydrogen-bond donors (Lipinski definition) is 0. The predicted octanol–water partition coefficient (Wildman–Crippen LogP) is 10.0. The SMILES string of the molecule is C[C@@]12CCC[C@H]1[C@@H]1[C@H](CCCCCCCCCS(=O)CCCC(F)(F)C(F)(F)F)Cc3ccccc3[C@H]1CC2. The monoisotopic (exact) mass is 574 g/mol. The van der Waals surface area contributed by atoms with E-state index in [1.54, 1.807) is 11.1 Å². The zero-order valence-electron chi connectivity index (χ0n) is 23.6. The lowest BCUT2D eigenvalue weighted by Crippen LogP contribution is -2.44. The van der Waals surface area contributed by atoms with E-state index in [4.69, 9.17) is 0 Å². The molecule has 0 N–H and O–H groups in total. The molecule has 0 bridgehead atoms. The van der Waals surface area contributed by atoms with E-state index in [2.05, 4.69) is 31.2 Å². The van der Waals surface area contributed by atoms with Gasteiger partial charge in [0.25, 0.3) is 0 Å². The van der Waals surface area contributed by atoms with Crippen molar-refractivity contribution in [2.45, 2.75) is 128 Å². The molecule has 2 saturated carbocycles. The molecule has 1 aromatic carbocycles. The first kappa shape index (κ1) is 31.0. The second-order valence-electron chi connectivity index (χ2n) is 13.0. The third kappa shape index (κ3) is 7.65. The maximum Gasteiger partial charge on any atom is 0.453 e. The van der Waals surface area contributed by atoms with Gasteiger partial charge in [0, 0.05) is 28.7 Å². The summed E-state index contributed by atoms with van der Waals surface area (Å²) in [4.78, 5) is 0. The molecule has 0 amide bonds. The number of hydrogen-bond acceptors (Lipinski definition) is 1. The lowest BCUT2D eigenvalue weighted by atomic mass is 9.52. The highest BCUT2D eigenvalue weighted by Gasteiger charge is 2.56. The van der Waals surface area contributed by atoms with Gasteiger partial charge in [-0.15, -0.1) is 0 Å². The van der Waals surface area contributed by atoms with Crippen LogP contribution < -0.4 is 0 Å². The quantitative estimate of drug-likeness (QED) is 0.160. The second kappa shape index (κ2) is 13.3. The zero-order valence-corrected chi connectivity index (χ0v) is 24.4. The van der Waals surface area contributed by atoms with Crippen LogP contribution >= 0.6 is 0 Å². The number of halogens is 5. The summed E-state index contributed by atoms with van der Waals surface area (Å²) in [5.41, 5.74) is 3.80. The molecule has 1 unspecified atom stereocenters. The Morgan fingerprint density at radius 3 is 2.28 bits per heavy atom. The van der Waals surface area contributed by atoms with E-state index < -0.39 is 29.3 Å². The molecular weight excluding hydrogens is 527 g/mol. The van der Waals surface area contributed by atoms with Crippen molar-refractivity contribution in [3.05, 3.63) is 35.4 Å². The number of rotatable bonds is 14. The summed E-state index contributed by atoms with van der Waals surface area (Å²) < 4.78 is 74.5. The van der Waals surface area contributed by atoms with Crippen LogP contribution in [0.15, 0.2) is 24.3 Å². The van der Waals surface area contributed by atoms with Crippen LogP contribution in [-0.2, 0) is 17.2 Å². The van der Waals surface area contributed by atoms with Crippen molar-refractivity contribution >= 4 is 10.8 Å². The standard InChI is InChI=1S/C32H47F5OS/c1-30-18-11-16-28(30)29-25(23-24-13-8-9-15-26(24)27(29)17-20-30)14-7-5-3-2-4-6-10-21-39(38)22-12-19-31(33,34)32(35,36)37/h8-9,13,15,25,27-29H,2-7,10-12,14,16-23H2,1H3/t25-,27-,28+,29-,30+,39?/m1/s1. The third-order valence-corrected chi connectivity index (χ3v) is 11.8. The van der Waals surface area contributed by atoms with E-state index in [9.17, 15) is 26.2 Å². The molecule has 4 rings (SSSR count). The molecule has 3 aliphatic rings. The van der Waals surface area contributed by atoms with Crippen LogP contribution in [0.1, 0.15) is 120 Å². The molecule has 222 valence electrons. The number of alkyl halides is 5. The van der Waals surface area contributed by atoms with Gasteiger partial charge in [-0.25, -0.2) is 0 Å². The molecule has 0 aliphatic heterocycles. The van der Waals surface area contributed by atoms with Gasteiger partial charge >= 0.3 is 12.1 Å². The Morgan fingerprint density at radius 1 is 0.872 bits per heavy atom. The van der Waals surface area contributed by atoms with E-state index in [1.807, 2.05) is 0 Å². The minimum absolute atomic E-state index is 0.0842. The molecule has 3 aliphatic carbocycles. The van der Waals surface area contributed by atoms with E-state index in [0.717, 1.165) is 49.4 Å². The van der Waals surface area contributed by atoms with Gasteiger partial charge in [-0.1, -0.05) is 76.1 Å². The highest BCUT2D eigenvalue weighted by atomic mass is 32.2. The average Bonchev–Trinajstić information content (AvgIpc) is 3.28. The molecule has 2 fully saturated rings. The van der Waals surface area contributed by atoms with Crippen molar-refractivity contribution < 1.29 is 26.2 Å². The maximum atomic E-state index is 12.9. The molecule has 0 radical (unpaired) electrons. The van der Waals surface area contributed by atoms with Crippen molar-refractivity contribution in [3.63, 3.8) is 0 Å². The van der Waals surface area contributed by atoms with Gasteiger partial charge in [-0.3, -0.25) is 4.21 Å². The van der Waals surface area contributed by atoms with Crippen LogP contribution in [0.3, 0.4) is 0 Å². The summed E-state index contributed by atoms with van der Waals surface area (Å²) in [6.07, 6.45) is 10.0. The zero-order chi connectivity index (χ0) is 28.1. The highest BCUT2D eigenvalue weighted by molar-refractivity contribution is 7.84. The third-order valence-electron chi connectivity index (χ3n) is 10.3. The fourth-order valence-electron chi connectivity index (χ4n) is 8.25. The van der Waals surface area contributed by atoms with Gasteiger partial charge < -0.3 is 0 Å². The summed E-state index contributed by atoms with van der Waals surface area (Å²) >= 11 is 0. The van der Waals surface area contributed by atoms with Gasteiger partial charge in [0.05, 0.1) is 0 Å². The first-order valence-corrected chi connectivity index (χ1v) is 16.9. The minimum Gasteiger partial charge on any atom is -0.260 e. The van der Waals surface area contributed by atoms with Crippen molar-refractivity contribution in [2.24, 2.45) is 23.2 Å². The molecule has 39 heavy (non-hydrogen) atoms. The molecule has 0 saturated heterocycles. The maximum absolute atomic E-state index is 12.9. The highest BCUT2D eigenvalue weighted by Crippen LogP contribution is 2.62. The van der Waals surface area contributed by atoms with E-state index in [1.165, 1.54) is 64.2 Å². The number of fused-ring (bicyclic) bond motifs is 5. The Hall–Kier alpha value is -0.980. The summed E-state index contributed by atoms with van der Waals surface area (Å²) in [5, 5.41) is 0. The first-order chi connectivity index (χ1) is 18.5. The van der Waals surface area contributed by atoms with Crippen LogP contribution in [-0.4, -0.2) is 27.8 Å². The fraction of sp³-hybridized carbons (Fsp3) is 0.812. The first-order valence-electron chi connectivity index (χ1n) is 15.4. The second-order valence-corrected chi connectivity index (χ2v) is 14.7. The normalized spacial score (nSPS) is 29.5. The molecule has 0 spiro atoms. The van der Waals surface area contributed by atoms with Gasteiger partial charge in [-0.05, 0) is 91.6 Å². The van der Waals surface area contributed by atoms with E-state index in [-0.39, 0.29) is 12.2 Å². The van der Waals surface area contributed by atoms with Crippen LogP contribution in [0, 0.1) is 23.2 Å². The lowest BCUT2D eigenvalue weighted by molar-refractivity contribution is -0.284. The molecule has 0 aromatic heterocycles. The van der Waals surface area contributed by atoms with Gasteiger partial charge in [0.15, 0.2) is 0 Å². The van der Waals surface area contributed by atoms with Gasteiger partial charge in [0.2, 0.25) is 0 Å². The van der Waals surface area contributed by atoms with Crippen molar-refractivity contribution in [3.8, 4) is 0 Å².